The molecule has 2 fully saturated rings. The predicted octanol–water partition coefficient (Wildman–Crippen LogP) is 2.37. The zero-order valence-electron chi connectivity index (χ0n) is 11.6. The van der Waals surface area contributed by atoms with E-state index in [4.69, 9.17) is 0 Å². The number of nitrogens with zero attached hydrogens (tertiary/aromatic N) is 1. The summed E-state index contributed by atoms with van der Waals surface area (Å²) in [5.74, 6) is 1.50. The van der Waals surface area contributed by atoms with Gasteiger partial charge in [-0.05, 0) is 24.7 Å². The van der Waals surface area contributed by atoms with Gasteiger partial charge in [0.25, 0.3) is 0 Å². The monoisotopic (exact) mass is 238 g/mol. The average molecular weight is 238 g/mol. The first kappa shape index (κ1) is 12.9. The Labute approximate surface area is 105 Å². The summed E-state index contributed by atoms with van der Waals surface area (Å²) in [6.07, 6.45) is 4.94. The summed E-state index contributed by atoms with van der Waals surface area (Å²) < 4.78 is 0. The van der Waals surface area contributed by atoms with E-state index in [1.165, 1.54) is 12.8 Å². The summed E-state index contributed by atoms with van der Waals surface area (Å²) >= 11 is 0. The highest BCUT2D eigenvalue weighted by atomic mass is 16.2. The van der Waals surface area contributed by atoms with Crippen LogP contribution in [0, 0.1) is 11.8 Å². The van der Waals surface area contributed by atoms with E-state index >= 15 is 0 Å². The maximum absolute atomic E-state index is 12.4. The van der Waals surface area contributed by atoms with Crippen LogP contribution in [-0.4, -0.2) is 29.1 Å². The largest absolute Gasteiger partial charge is 0.323 e. The number of hydrogen-bond donors (Lipinski definition) is 1. The van der Waals surface area contributed by atoms with E-state index in [0.717, 1.165) is 18.8 Å². The molecule has 4 atom stereocenters. The average Bonchev–Trinajstić information content (AvgIpc) is 2.98. The highest BCUT2D eigenvalue weighted by Gasteiger charge is 2.50. The molecule has 2 aliphatic rings. The minimum absolute atomic E-state index is 0.0460. The maximum Gasteiger partial charge on any atom is 0.241 e. The molecule has 98 valence electrons. The molecule has 0 aromatic rings. The molecule has 0 aromatic heterocycles. The van der Waals surface area contributed by atoms with Crippen LogP contribution in [0.15, 0.2) is 0 Å². The van der Waals surface area contributed by atoms with Crippen molar-refractivity contribution in [3.63, 3.8) is 0 Å². The minimum Gasteiger partial charge on any atom is -0.323 e. The van der Waals surface area contributed by atoms with Gasteiger partial charge < -0.3 is 4.90 Å². The molecule has 3 heteroatoms. The lowest BCUT2D eigenvalue weighted by molar-refractivity contribution is -0.131. The van der Waals surface area contributed by atoms with Crippen LogP contribution in [0.5, 0.6) is 0 Å². The van der Waals surface area contributed by atoms with Crippen molar-refractivity contribution in [2.45, 2.75) is 71.6 Å². The lowest BCUT2D eigenvalue weighted by Crippen LogP contribution is -2.39. The summed E-state index contributed by atoms with van der Waals surface area (Å²) in [7, 11) is 0. The molecule has 0 bridgehead atoms. The fourth-order valence-electron chi connectivity index (χ4n) is 3.05. The Balaban J connectivity index is 2.07. The standard InChI is InChI=1S/C14H26N2O/c1-5-7-12-15-13(9(3)4)14(17)16(12)11-8-10(11)6-2/h9-13,15H,5-8H2,1-4H3. The van der Waals surface area contributed by atoms with Crippen LogP contribution in [0.2, 0.25) is 0 Å². The Bertz CT molecular complexity index is 290. The number of amides is 1. The van der Waals surface area contributed by atoms with Gasteiger partial charge in [0.2, 0.25) is 5.91 Å². The molecular formula is C14H26N2O. The summed E-state index contributed by atoms with van der Waals surface area (Å²) in [6.45, 7) is 8.68. The van der Waals surface area contributed by atoms with Gasteiger partial charge in [-0.1, -0.05) is 40.5 Å². The third-order valence-electron chi connectivity index (χ3n) is 4.22. The van der Waals surface area contributed by atoms with E-state index in [-0.39, 0.29) is 6.04 Å². The quantitative estimate of drug-likeness (QED) is 0.797. The molecule has 1 aliphatic heterocycles. The van der Waals surface area contributed by atoms with Gasteiger partial charge in [-0.25, -0.2) is 0 Å². The molecule has 0 spiro atoms. The van der Waals surface area contributed by atoms with Gasteiger partial charge in [0.1, 0.15) is 0 Å². The zero-order chi connectivity index (χ0) is 12.6. The van der Waals surface area contributed by atoms with E-state index in [2.05, 4.69) is 37.9 Å². The van der Waals surface area contributed by atoms with Gasteiger partial charge in [-0.15, -0.1) is 0 Å². The first-order valence-electron chi connectivity index (χ1n) is 7.18. The number of nitrogens with one attached hydrogen (secondary N) is 1. The molecule has 1 saturated heterocycles. The van der Waals surface area contributed by atoms with Gasteiger partial charge in [-0.3, -0.25) is 10.1 Å². The van der Waals surface area contributed by atoms with Crippen LogP contribution >= 0.6 is 0 Å². The fraction of sp³-hybridized carbons (Fsp3) is 0.929. The van der Waals surface area contributed by atoms with Crippen molar-refractivity contribution in [2.24, 2.45) is 11.8 Å². The van der Waals surface area contributed by atoms with Crippen molar-refractivity contribution >= 4 is 5.91 Å². The Morgan fingerprint density at radius 1 is 1.41 bits per heavy atom. The molecule has 4 unspecified atom stereocenters. The van der Waals surface area contributed by atoms with Crippen molar-refractivity contribution in [2.75, 3.05) is 0 Å². The lowest BCUT2D eigenvalue weighted by atomic mass is 10.1. The predicted molar refractivity (Wildman–Crippen MR) is 69.5 cm³/mol. The van der Waals surface area contributed by atoms with Crippen LogP contribution in [0.25, 0.3) is 0 Å². The number of hydrogen-bond acceptors (Lipinski definition) is 2. The number of rotatable bonds is 5. The van der Waals surface area contributed by atoms with Crippen molar-refractivity contribution < 1.29 is 4.79 Å². The van der Waals surface area contributed by atoms with Crippen LogP contribution < -0.4 is 5.32 Å². The molecular weight excluding hydrogens is 212 g/mol. The van der Waals surface area contributed by atoms with Crippen molar-refractivity contribution in [1.82, 2.24) is 10.2 Å². The van der Waals surface area contributed by atoms with Crippen LogP contribution in [-0.2, 0) is 4.79 Å². The van der Waals surface area contributed by atoms with Crippen molar-refractivity contribution in [3.8, 4) is 0 Å². The summed E-state index contributed by atoms with van der Waals surface area (Å²) in [5, 5.41) is 3.53. The molecule has 2 rings (SSSR count). The second-order valence-electron chi connectivity index (χ2n) is 5.91. The third-order valence-corrected chi connectivity index (χ3v) is 4.22. The molecule has 0 radical (unpaired) electrons. The van der Waals surface area contributed by atoms with Crippen molar-refractivity contribution in [1.29, 1.82) is 0 Å². The Morgan fingerprint density at radius 3 is 2.59 bits per heavy atom. The Morgan fingerprint density at radius 2 is 2.12 bits per heavy atom. The molecule has 0 aromatic carbocycles. The first-order valence-corrected chi connectivity index (χ1v) is 7.18. The Kier molecular flexibility index (Phi) is 3.76. The topological polar surface area (TPSA) is 32.3 Å². The van der Waals surface area contributed by atoms with E-state index in [0.29, 0.717) is 24.0 Å². The van der Waals surface area contributed by atoms with Gasteiger partial charge in [0.15, 0.2) is 0 Å². The maximum atomic E-state index is 12.4. The zero-order valence-corrected chi connectivity index (χ0v) is 11.6. The van der Waals surface area contributed by atoms with Crippen LogP contribution in [0.3, 0.4) is 0 Å². The highest BCUT2D eigenvalue weighted by Crippen LogP contribution is 2.41. The molecule has 1 amide bonds. The van der Waals surface area contributed by atoms with Gasteiger partial charge in [-0.2, -0.15) is 0 Å². The van der Waals surface area contributed by atoms with Gasteiger partial charge in [0, 0.05) is 6.04 Å². The summed E-state index contributed by atoms with van der Waals surface area (Å²) in [4.78, 5) is 14.6. The third kappa shape index (κ3) is 2.35. The van der Waals surface area contributed by atoms with E-state index in [9.17, 15) is 4.79 Å². The Hall–Kier alpha value is -0.570. The highest BCUT2D eigenvalue weighted by molar-refractivity contribution is 5.85. The molecule has 1 N–H and O–H groups in total. The van der Waals surface area contributed by atoms with E-state index in [1.54, 1.807) is 0 Å². The van der Waals surface area contributed by atoms with Crippen molar-refractivity contribution in [3.05, 3.63) is 0 Å². The van der Waals surface area contributed by atoms with Crippen LogP contribution in [0.1, 0.15) is 53.4 Å². The molecule has 17 heavy (non-hydrogen) atoms. The van der Waals surface area contributed by atoms with Gasteiger partial charge in [0.05, 0.1) is 12.2 Å². The lowest BCUT2D eigenvalue weighted by Gasteiger charge is -2.24. The van der Waals surface area contributed by atoms with E-state index < -0.39 is 0 Å². The second kappa shape index (κ2) is 4.97. The molecule has 1 heterocycles. The second-order valence-corrected chi connectivity index (χ2v) is 5.91. The summed E-state index contributed by atoms with van der Waals surface area (Å²) in [5.41, 5.74) is 0. The first-order chi connectivity index (χ1) is 8.10. The number of carbonyl (C=O) groups excluding carboxylic acids is 1. The van der Waals surface area contributed by atoms with E-state index in [1.807, 2.05) is 0 Å². The molecule has 1 saturated carbocycles. The molecule has 1 aliphatic carbocycles. The minimum atomic E-state index is 0.0460. The normalized spacial score (nSPS) is 37.0. The smallest absolute Gasteiger partial charge is 0.241 e. The SMILES string of the molecule is CCCC1NC(C(C)C)C(=O)N1C1CC1CC. The molecule has 3 nitrogen and oxygen atoms in total. The summed E-state index contributed by atoms with van der Waals surface area (Å²) in [6, 6.07) is 0.574. The van der Waals surface area contributed by atoms with Gasteiger partial charge >= 0.3 is 0 Å². The fourth-order valence-corrected chi connectivity index (χ4v) is 3.05. The number of carbonyl (C=O) groups is 1. The van der Waals surface area contributed by atoms with Crippen LogP contribution in [0.4, 0.5) is 0 Å².